The summed E-state index contributed by atoms with van der Waals surface area (Å²) in [6.07, 6.45) is 1.86. The highest BCUT2D eigenvalue weighted by atomic mass is 127. The lowest BCUT2D eigenvalue weighted by molar-refractivity contribution is 0.800. The Bertz CT molecular complexity index is 336. The maximum Gasteiger partial charge on any atom is 0.142 e. The summed E-state index contributed by atoms with van der Waals surface area (Å²) in [5.41, 5.74) is 0. The molecule has 0 amide bonds. The standard InChI is InChI=1S/C10H16IN3S/c1-10(2,3)15-6-8-13-5-7(11)9(12-4)14-8/h5H,6H2,1-4H3,(H,12,13,14). The summed E-state index contributed by atoms with van der Waals surface area (Å²) in [7, 11) is 1.88. The first kappa shape index (κ1) is 13.0. The molecule has 5 heteroatoms. The van der Waals surface area contributed by atoms with Crippen LogP contribution in [0.25, 0.3) is 0 Å². The van der Waals surface area contributed by atoms with E-state index in [1.54, 1.807) is 0 Å². The van der Waals surface area contributed by atoms with Crippen LogP contribution in [0.1, 0.15) is 26.6 Å². The van der Waals surface area contributed by atoms with Gasteiger partial charge in [0.05, 0.1) is 9.32 Å². The van der Waals surface area contributed by atoms with Gasteiger partial charge >= 0.3 is 0 Å². The summed E-state index contributed by atoms with van der Waals surface area (Å²) in [4.78, 5) is 8.75. The predicted octanol–water partition coefficient (Wildman–Crippen LogP) is 3.15. The van der Waals surface area contributed by atoms with E-state index in [9.17, 15) is 0 Å². The van der Waals surface area contributed by atoms with Gasteiger partial charge in [0.15, 0.2) is 0 Å². The first-order valence-electron chi connectivity index (χ1n) is 4.75. The molecule has 0 radical (unpaired) electrons. The first-order valence-corrected chi connectivity index (χ1v) is 6.82. The molecule has 0 saturated heterocycles. The highest BCUT2D eigenvalue weighted by Gasteiger charge is 2.12. The zero-order valence-corrected chi connectivity index (χ0v) is 12.4. The van der Waals surface area contributed by atoms with E-state index < -0.39 is 0 Å². The molecule has 1 rings (SSSR count). The number of anilines is 1. The van der Waals surface area contributed by atoms with Gasteiger partial charge in [-0.05, 0) is 22.6 Å². The van der Waals surface area contributed by atoms with Gasteiger partial charge in [0.1, 0.15) is 11.6 Å². The molecule has 0 aliphatic carbocycles. The molecule has 0 fully saturated rings. The van der Waals surface area contributed by atoms with Crippen LogP contribution in [0.2, 0.25) is 0 Å². The Labute approximate surface area is 109 Å². The van der Waals surface area contributed by atoms with Crippen molar-refractivity contribution < 1.29 is 0 Å². The van der Waals surface area contributed by atoms with E-state index in [1.165, 1.54) is 0 Å². The Morgan fingerprint density at radius 1 is 1.47 bits per heavy atom. The summed E-state index contributed by atoms with van der Waals surface area (Å²) in [5.74, 6) is 2.66. The molecule has 1 heterocycles. The maximum atomic E-state index is 4.44. The average Bonchev–Trinajstić information content (AvgIpc) is 2.15. The normalized spacial score (nSPS) is 11.5. The quantitative estimate of drug-likeness (QED) is 0.860. The van der Waals surface area contributed by atoms with E-state index in [2.05, 4.69) is 58.6 Å². The zero-order chi connectivity index (χ0) is 11.5. The Morgan fingerprint density at radius 3 is 2.67 bits per heavy atom. The molecule has 0 aliphatic rings. The van der Waals surface area contributed by atoms with E-state index in [0.29, 0.717) is 0 Å². The van der Waals surface area contributed by atoms with Crippen molar-refractivity contribution >= 4 is 40.2 Å². The van der Waals surface area contributed by atoms with Crippen molar-refractivity contribution in [1.29, 1.82) is 0 Å². The second-order valence-corrected chi connectivity index (χ2v) is 7.10. The van der Waals surface area contributed by atoms with Crippen LogP contribution in [-0.4, -0.2) is 21.8 Å². The minimum Gasteiger partial charge on any atom is -0.372 e. The monoisotopic (exact) mass is 337 g/mol. The van der Waals surface area contributed by atoms with Crippen molar-refractivity contribution in [3.63, 3.8) is 0 Å². The van der Waals surface area contributed by atoms with Crippen LogP contribution in [0.15, 0.2) is 6.20 Å². The molecule has 0 bridgehead atoms. The second-order valence-electron chi connectivity index (χ2n) is 4.13. The number of aromatic nitrogens is 2. The van der Waals surface area contributed by atoms with E-state index >= 15 is 0 Å². The number of nitrogens with zero attached hydrogens (tertiary/aromatic N) is 2. The van der Waals surface area contributed by atoms with Crippen LogP contribution in [-0.2, 0) is 5.75 Å². The molecule has 1 aromatic rings. The van der Waals surface area contributed by atoms with E-state index in [4.69, 9.17) is 0 Å². The van der Waals surface area contributed by atoms with Crippen LogP contribution >= 0.6 is 34.4 Å². The number of halogens is 1. The van der Waals surface area contributed by atoms with Crippen LogP contribution in [0.4, 0.5) is 5.82 Å². The van der Waals surface area contributed by atoms with Crippen molar-refractivity contribution in [2.75, 3.05) is 12.4 Å². The number of nitrogens with one attached hydrogen (secondary N) is 1. The molecule has 15 heavy (non-hydrogen) atoms. The third-order valence-electron chi connectivity index (χ3n) is 1.67. The number of hydrogen-bond donors (Lipinski definition) is 1. The third-order valence-corrected chi connectivity index (χ3v) is 3.72. The lowest BCUT2D eigenvalue weighted by Gasteiger charge is -2.16. The lowest BCUT2D eigenvalue weighted by atomic mass is 10.3. The predicted molar refractivity (Wildman–Crippen MR) is 75.3 cm³/mol. The minimum atomic E-state index is 0.256. The molecule has 0 aromatic carbocycles. The van der Waals surface area contributed by atoms with E-state index in [1.807, 2.05) is 25.0 Å². The van der Waals surface area contributed by atoms with Crippen molar-refractivity contribution in [3.05, 3.63) is 15.6 Å². The van der Waals surface area contributed by atoms with Crippen LogP contribution in [0, 0.1) is 3.57 Å². The van der Waals surface area contributed by atoms with Gasteiger partial charge in [-0.25, -0.2) is 9.97 Å². The fraction of sp³-hybridized carbons (Fsp3) is 0.600. The molecule has 0 unspecified atom stereocenters. The van der Waals surface area contributed by atoms with Crippen LogP contribution in [0.3, 0.4) is 0 Å². The van der Waals surface area contributed by atoms with Gasteiger partial charge in [-0.15, -0.1) is 11.8 Å². The Kier molecular flexibility index (Phi) is 4.64. The minimum absolute atomic E-state index is 0.256. The van der Waals surface area contributed by atoms with Crippen molar-refractivity contribution in [2.45, 2.75) is 31.3 Å². The molecule has 3 nitrogen and oxygen atoms in total. The molecular weight excluding hydrogens is 321 g/mol. The molecule has 84 valence electrons. The van der Waals surface area contributed by atoms with Gasteiger partial charge in [-0.2, -0.15) is 0 Å². The Morgan fingerprint density at radius 2 is 2.13 bits per heavy atom. The smallest absolute Gasteiger partial charge is 0.142 e. The fourth-order valence-electron chi connectivity index (χ4n) is 0.930. The Balaban J connectivity index is 2.70. The van der Waals surface area contributed by atoms with Gasteiger partial charge in [0.2, 0.25) is 0 Å². The van der Waals surface area contributed by atoms with Gasteiger partial charge in [0.25, 0.3) is 0 Å². The molecule has 0 atom stereocenters. The van der Waals surface area contributed by atoms with E-state index in [0.717, 1.165) is 21.0 Å². The largest absolute Gasteiger partial charge is 0.372 e. The highest BCUT2D eigenvalue weighted by molar-refractivity contribution is 14.1. The van der Waals surface area contributed by atoms with E-state index in [-0.39, 0.29) is 4.75 Å². The summed E-state index contributed by atoms with van der Waals surface area (Å²) in [6.45, 7) is 6.59. The van der Waals surface area contributed by atoms with Crippen molar-refractivity contribution in [3.8, 4) is 0 Å². The summed E-state index contributed by atoms with van der Waals surface area (Å²) in [6, 6.07) is 0. The van der Waals surface area contributed by atoms with Gasteiger partial charge < -0.3 is 5.32 Å². The maximum absolute atomic E-state index is 4.44. The third kappa shape index (κ3) is 4.55. The van der Waals surface area contributed by atoms with Gasteiger partial charge in [-0.1, -0.05) is 20.8 Å². The SMILES string of the molecule is CNc1nc(CSC(C)(C)C)ncc1I. The number of hydrogen-bond acceptors (Lipinski definition) is 4. The highest BCUT2D eigenvalue weighted by Crippen LogP contribution is 2.26. The fourth-order valence-corrected chi connectivity index (χ4v) is 2.16. The molecule has 0 saturated carbocycles. The van der Waals surface area contributed by atoms with Crippen molar-refractivity contribution in [2.24, 2.45) is 0 Å². The number of rotatable bonds is 3. The second kappa shape index (κ2) is 5.34. The lowest BCUT2D eigenvalue weighted by Crippen LogP contribution is -2.09. The topological polar surface area (TPSA) is 37.8 Å². The molecule has 1 aromatic heterocycles. The molecule has 0 spiro atoms. The van der Waals surface area contributed by atoms with Crippen LogP contribution in [0.5, 0.6) is 0 Å². The number of thioether (sulfide) groups is 1. The molecular formula is C10H16IN3S. The molecule has 1 N–H and O–H groups in total. The van der Waals surface area contributed by atoms with Gasteiger partial charge in [0, 0.05) is 18.0 Å². The van der Waals surface area contributed by atoms with Crippen LogP contribution < -0.4 is 5.32 Å². The van der Waals surface area contributed by atoms with Gasteiger partial charge in [-0.3, -0.25) is 0 Å². The first-order chi connectivity index (χ1) is 6.92. The summed E-state index contributed by atoms with van der Waals surface area (Å²) < 4.78 is 1.31. The van der Waals surface area contributed by atoms with Crippen molar-refractivity contribution in [1.82, 2.24) is 9.97 Å². The zero-order valence-electron chi connectivity index (χ0n) is 9.47. The molecule has 0 aliphatic heterocycles. The summed E-state index contributed by atoms with van der Waals surface area (Å²) >= 11 is 4.08. The Hall–Kier alpha value is -0.0400. The summed E-state index contributed by atoms with van der Waals surface area (Å²) in [5, 5.41) is 3.06. The average molecular weight is 337 g/mol.